The Morgan fingerprint density at radius 2 is 1.72 bits per heavy atom. The maximum absolute atomic E-state index is 13.2. The Bertz CT molecular complexity index is 717. The van der Waals surface area contributed by atoms with Gasteiger partial charge >= 0.3 is 0 Å². The molecule has 0 radical (unpaired) electrons. The van der Waals surface area contributed by atoms with Gasteiger partial charge in [0.25, 0.3) is 11.8 Å². The highest BCUT2D eigenvalue weighted by atomic mass is 16.2. The van der Waals surface area contributed by atoms with Gasteiger partial charge in [0, 0.05) is 57.9 Å². The Hall–Kier alpha value is -1.96. The Morgan fingerprint density at radius 1 is 1.07 bits per heavy atom. The van der Waals surface area contributed by atoms with Gasteiger partial charge in [0.05, 0.1) is 13.1 Å². The molecule has 1 aromatic rings. The molecule has 29 heavy (non-hydrogen) atoms. The first-order valence-corrected chi connectivity index (χ1v) is 11.0. The van der Waals surface area contributed by atoms with Crippen LogP contribution in [0.15, 0.2) is 24.3 Å². The van der Waals surface area contributed by atoms with Crippen LogP contribution in [0.2, 0.25) is 0 Å². The van der Waals surface area contributed by atoms with Gasteiger partial charge in [-0.05, 0) is 37.1 Å². The number of hydrogen-bond donors (Lipinski definition) is 2. The number of quaternary nitrogens is 1. The summed E-state index contributed by atoms with van der Waals surface area (Å²) in [6.45, 7) is 7.83. The van der Waals surface area contributed by atoms with Crippen molar-refractivity contribution in [3.63, 3.8) is 0 Å². The first-order chi connectivity index (χ1) is 14.1. The molecular weight excluding hydrogens is 366 g/mol. The van der Waals surface area contributed by atoms with Crippen molar-refractivity contribution >= 4 is 17.5 Å². The predicted octanol–water partition coefficient (Wildman–Crippen LogP) is 0.653. The van der Waals surface area contributed by atoms with E-state index in [1.807, 2.05) is 24.3 Å². The molecule has 0 aromatic heterocycles. The molecule has 2 N–H and O–H groups in total. The van der Waals surface area contributed by atoms with Crippen LogP contribution in [0.25, 0.3) is 0 Å². The summed E-state index contributed by atoms with van der Waals surface area (Å²) in [5, 5.41) is 6.09. The summed E-state index contributed by atoms with van der Waals surface area (Å²) >= 11 is 0. The number of nitrogens with zero attached hydrogens (tertiary/aromatic N) is 3. The van der Waals surface area contributed by atoms with Crippen molar-refractivity contribution in [2.45, 2.75) is 25.3 Å². The number of nitrogens with one attached hydrogen (secondary N) is 2. The fourth-order valence-corrected chi connectivity index (χ4v) is 4.85. The van der Waals surface area contributed by atoms with Crippen LogP contribution in [0, 0.1) is 0 Å². The normalized spacial score (nSPS) is 22.7. The molecule has 2 aliphatic heterocycles. The Morgan fingerprint density at radius 3 is 2.28 bits per heavy atom. The highest BCUT2D eigenvalue weighted by molar-refractivity contribution is 5.94. The average Bonchev–Trinajstić information content (AvgIpc) is 2.73. The van der Waals surface area contributed by atoms with E-state index in [-0.39, 0.29) is 11.8 Å². The van der Waals surface area contributed by atoms with Gasteiger partial charge in [-0.3, -0.25) is 19.0 Å². The Balaban J connectivity index is 1.44. The lowest BCUT2D eigenvalue weighted by Crippen LogP contribution is -2.64. The van der Waals surface area contributed by atoms with E-state index < -0.39 is 0 Å². The quantitative estimate of drug-likeness (QED) is 0.713. The third-order valence-corrected chi connectivity index (χ3v) is 7.03. The lowest BCUT2D eigenvalue weighted by molar-refractivity contribution is -0.134. The van der Waals surface area contributed by atoms with Crippen molar-refractivity contribution in [1.82, 2.24) is 24.9 Å². The number of benzene rings is 1. The van der Waals surface area contributed by atoms with Crippen LogP contribution in [-0.4, -0.2) is 93.6 Å². The zero-order valence-corrected chi connectivity index (χ0v) is 17.5. The minimum atomic E-state index is -0.0798. The van der Waals surface area contributed by atoms with Gasteiger partial charge in [-0.2, -0.15) is 0 Å². The summed E-state index contributed by atoms with van der Waals surface area (Å²) in [7, 11) is 1.64. The number of rotatable bonds is 5. The number of hydrogen-bond acceptors (Lipinski definition) is 4. The second-order valence-corrected chi connectivity index (χ2v) is 8.63. The Labute approximate surface area is 173 Å². The minimum absolute atomic E-state index is 0.0798. The summed E-state index contributed by atoms with van der Waals surface area (Å²) in [5.74, 6) is 0.180. The molecular formula is C22H34N5O2+. The largest absolute Gasteiger partial charge is 0.355 e. The smallest absolute Gasteiger partial charge is 0.278 e. The van der Waals surface area contributed by atoms with Crippen molar-refractivity contribution in [2.24, 2.45) is 0 Å². The molecule has 1 saturated carbocycles. The standard InChI is InChI=1S/C22H33N5O2/c1-23-22(29)18-5-7-20(8-6-18)27(15-9-24-10-16-27)17-21(28)26-13-11-25(12-14-26)19-3-2-4-19/h5-8,19,24H,2-4,9-17H2,1H3/p+1. The fourth-order valence-electron chi connectivity index (χ4n) is 4.85. The first-order valence-electron chi connectivity index (χ1n) is 11.0. The van der Waals surface area contributed by atoms with E-state index in [2.05, 4.69) is 20.4 Å². The molecule has 2 heterocycles. The number of piperazine rings is 2. The predicted molar refractivity (Wildman–Crippen MR) is 115 cm³/mol. The van der Waals surface area contributed by atoms with Crippen molar-refractivity contribution < 1.29 is 9.59 Å². The number of carbonyl (C=O) groups excluding carboxylic acids is 2. The summed E-state index contributed by atoms with van der Waals surface area (Å²) < 4.78 is 0.669. The van der Waals surface area contributed by atoms with Crippen LogP contribution < -0.4 is 15.1 Å². The van der Waals surface area contributed by atoms with Crippen LogP contribution in [0.3, 0.4) is 0 Å². The summed E-state index contributed by atoms with van der Waals surface area (Å²) in [6, 6.07) is 8.56. The highest BCUT2D eigenvalue weighted by Gasteiger charge is 2.38. The van der Waals surface area contributed by atoms with E-state index in [0.29, 0.717) is 16.6 Å². The maximum Gasteiger partial charge on any atom is 0.278 e. The molecule has 158 valence electrons. The van der Waals surface area contributed by atoms with Crippen LogP contribution in [0.4, 0.5) is 5.69 Å². The molecule has 3 fully saturated rings. The summed E-state index contributed by atoms with van der Waals surface area (Å²) in [5.41, 5.74) is 1.78. The second-order valence-electron chi connectivity index (χ2n) is 8.63. The summed E-state index contributed by atoms with van der Waals surface area (Å²) in [6.07, 6.45) is 4.01. The van der Waals surface area contributed by atoms with E-state index >= 15 is 0 Å². The molecule has 2 saturated heterocycles. The van der Waals surface area contributed by atoms with Gasteiger partial charge in [-0.15, -0.1) is 0 Å². The van der Waals surface area contributed by atoms with Crippen molar-refractivity contribution in [1.29, 1.82) is 0 Å². The van der Waals surface area contributed by atoms with E-state index in [0.717, 1.165) is 64.1 Å². The molecule has 0 unspecified atom stereocenters. The number of carbonyl (C=O) groups is 2. The fraction of sp³-hybridized carbons (Fsp3) is 0.636. The molecule has 7 nitrogen and oxygen atoms in total. The van der Waals surface area contributed by atoms with Crippen molar-refractivity contribution in [3.8, 4) is 0 Å². The highest BCUT2D eigenvalue weighted by Crippen LogP contribution is 2.27. The van der Waals surface area contributed by atoms with E-state index in [1.54, 1.807) is 7.05 Å². The van der Waals surface area contributed by atoms with Gasteiger partial charge in [0.1, 0.15) is 5.69 Å². The van der Waals surface area contributed by atoms with Gasteiger partial charge in [-0.1, -0.05) is 6.42 Å². The van der Waals surface area contributed by atoms with Gasteiger partial charge in [0.2, 0.25) is 0 Å². The van der Waals surface area contributed by atoms with Crippen molar-refractivity contribution in [3.05, 3.63) is 29.8 Å². The molecule has 0 atom stereocenters. The second kappa shape index (κ2) is 8.81. The van der Waals surface area contributed by atoms with Crippen LogP contribution in [0.1, 0.15) is 29.6 Å². The molecule has 2 amide bonds. The molecule has 0 bridgehead atoms. The Kier molecular flexibility index (Phi) is 6.18. The maximum atomic E-state index is 13.2. The van der Waals surface area contributed by atoms with E-state index in [1.165, 1.54) is 19.3 Å². The topological polar surface area (TPSA) is 64.7 Å². The third-order valence-electron chi connectivity index (χ3n) is 7.03. The van der Waals surface area contributed by atoms with Crippen LogP contribution >= 0.6 is 0 Å². The molecule has 4 rings (SSSR count). The zero-order valence-electron chi connectivity index (χ0n) is 17.5. The van der Waals surface area contributed by atoms with Crippen LogP contribution in [0.5, 0.6) is 0 Å². The molecule has 1 aliphatic carbocycles. The molecule has 0 spiro atoms. The minimum Gasteiger partial charge on any atom is -0.355 e. The first kappa shape index (κ1) is 20.3. The van der Waals surface area contributed by atoms with Crippen LogP contribution in [-0.2, 0) is 4.79 Å². The van der Waals surface area contributed by atoms with Gasteiger partial charge in [-0.25, -0.2) is 0 Å². The zero-order chi connectivity index (χ0) is 20.3. The van der Waals surface area contributed by atoms with Crippen molar-refractivity contribution in [2.75, 3.05) is 66.0 Å². The molecule has 1 aromatic carbocycles. The SMILES string of the molecule is CNC(=O)c1ccc([N+]2(CC(=O)N3CCN(C4CCC4)CC3)CCNCC2)cc1. The van der Waals surface area contributed by atoms with Gasteiger partial charge in [0.15, 0.2) is 6.54 Å². The molecule has 3 aliphatic rings. The van der Waals surface area contributed by atoms with E-state index in [9.17, 15) is 9.59 Å². The molecule has 7 heteroatoms. The third kappa shape index (κ3) is 4.32. The lowest BCUT2D eigenvalue weighted by atomic mass is 9.91. The average molecular weight is 401 g/mol. The lowest BCUT2D eigenvalue weighted by Gasteiger charge is -2.45. The summed E-state index contributed by atoms with van der Waals surface area (Å²) in [4.78, 5) is 29.7. The van der Waals surface area contributed by atoms with E-state index in [4.69, 9.17) is 0 Å². The number of amides is 2. The van der Waals surface area contributed by atoms with Gasteiger partial charge < -0.3 is 15.5 Å². The monoisotopic (exact) mass is 400 g/mol.